The van der Waals surface area contributed by atoms with E-state index in [2.05, 4.69) is 15.3 Å². The van der Waals surface area contributed by atoms with Crippen LogP contribution in [0.4, 0.5) is 0 Å². The number of rotatable bonds is 5. The fourth-order valence-corrected chi connectivity index (χ4v) is 2.04. The van der Waals surface area contributed by atoms with Crippen LogP contribution < -0.4 is 10.1 Å². The smallest absolute Gasteiger partial charge is 0.275 e. The average molecular weight is 293 g/mol. The molecule has 0 atom stereocenters. The Balaban J connectivity index is 1.60. The molecule has 1 aliphatic rings. The summed E-state index contributed by atoms with van der Waals surface area (Å²) in [6.45, 7) is 0.464. The number of carbonyl (C=O) groups excluding carboxylic acids is 1. The summed E-state index contributed by atoms with van der Waals surface area (Å²) in [6.07, 6.45) is 5.64. The highest BCUT2D eigenvalue weighted by atomic mass is 16.5. The van der Waals surface area contributed by atoms with E-state index in [0.717, 1.165) is 11.3 Å². The fourth-order valence-electron chi connectivity index (χ4n) is 2.04. The molecule has 1 amide bonds. The Morgan fingerprint density at radius 1 is 1.09 bits per heavy atom. The molecule has 1 aliphatic heterocycles. The summed E-state index contributed by atoms with van der Waals surface area (Å²) in [5.41, 5.74) is 1.30. The van der Waals surface area contributed by atoms with Crippen molar-refractivity contribution in [2.24, 2.45) is 4.99 Å². The minimum Gasteiger partial charge on any atom is -0.493 e. The fraction of sp³-hybridized carbons (Fsp3) is 0.118. The van der Waals surface area contributed by atoms with Crippen LogP contribution in [-0.4, -0.2) is 23.3 Å². The molecule has 0 unspecified atom stereocenters. The molecular formula is C17H15N3O2. The summed E-state index contributed by atoms with van der Waals surface area (Å²) in [5, 5.41) is 2.76. The lowest BCUT2D eigenvalue weighted by Gasteiger charge is -2.05. The maximum Gasteiger partial charge on any atom is 0.275 e. The molecule has 0 saturated carbocycles. The van der Waals surface area contributed by atoms with Crippen molar-refractivity contribution >= 4 is 17.8 Å². The lowest BCUT2D eigenvalue weighted by Crippen LogP contribution is -2.25. The SMILES string of the molecule is O=C1NC(CCOc2ccccc2)=N/C1=C/c1ccncc1. The summed E-state index contributed by atoms with van der Waals surface area (Å²) < 4.78 is 5.60. The molecule has 5 nitrogen and oxygen atoms in total. The molecule has 1 aromatic carbocycles. The zero-order chi connectivity index (χ0) is 15.2. The third-order valence-corrected chi connectivity index (χ3v) is 3.11. The Labute approximate surface area is 128 Å². The topological polar surface area (TPSA) is 63.6 Å². The van der Waals surface area contributed by atoms with Gasteiger partial charge in [0.05, 0.1) is 6.61 Å². The second-order valence-electron chi connectivity index (χ2n) is 4.73. The molecule has 1 N–H and O–H groups in total. The maximum absolute atomic E-state index is 11.9. The number of ether oxygens (including phenoxy) is 1. The van der Waals surface area contributed by atoms with Crippen LogP contribution in [0, 0.1) is 0 Å². The number of para-hydroxylation sites is 1. The predicted octanol–water partition coefficient (Wildman–Crippen LogP) is 2.42. The first-order chi connectivity index (χ1) is 10.8. The number of pyridine rings is 1. The van der Waals surface area contributed by atoms with E-state index in [0.29, 0.717) is 24.6 Å². The van der Waals surface area contributed by atoms with Gasteiger partial charge in [-0.2, -0.15) is 0 Å². The van der Waals surface area contributed by atoms with E-state index in [1.807, 2.05) is 42.5 Å². The first kappa shape index (κ1) is 14.0. The van der Waals surface area contributed by atoms with Gasteiger partial charge in [0.25, 0.3) is 5.91 Å². The maximum atomic E-state index is 11.9. The summed E-state index contributed by atoms with van der Waals surface area (Å²) in [4.78, 5) is 20.1. The van der Waals surface area contributed by atoms with Crippen molar-refractivity contribution in [3.8, 4) is 5.75 Å². The highest BCUT2D eigenvalue weighted by molar-refractivity contribution is 6.14. The third-order valence-electron chi connectivity index (χ3n) is 3.11. The molecule has 3 rings (SSSR count). The monoisotopic (exact) mass is 293 g/mol. The molecule has 0 spiro atoms. The highest BCUT2D eigenvalue weighted by Gasteiger charge is 2.19. The molecule has 110 valence electrons. The number of amides is 1. The Bertz CT molecular complexity index is 709. The van der Waals surface area contributed by atoms with E-state index >= 15 is 0 Å². The number of nitrogens with one attached hydrogen (secondary N) is 1. The number of aliphatic imine (C=N–C) groups is 1. The van der Waals surface area contributed by atoms with Gasteiger partial charge in [0.2, 0.25) is 0 Å². The lowest BCUT2D eigenvalue weighted by molar-refractivity contribution is -0.115. The van der Waals surface area contributed by atoms with Gasteiger partial charge in [0.15, 0.2) is 0 Å². The third kappa shape index (κ3) is 3.58. The zero-order valence-electron chi connectivity index (χ0n) is 11.9. The lowest BCUT2D eigenvalue weighted by atomic mass is 10.2. The largest absolute Gasteiger partial charge is 0.493 e. The molecule has 0 bridgehead atoms. The molecule has 2 heterocycles. The van der Waals surface area contributed by atoms with E-state index in [-0.39, 0.29) is 5.91 Å². The standard InChI is InChI=1S/C17H15N3O2/c21-17-15(12-13-6-9-18-10-7-13)19-16(20-17)8-11-22-14-4-2-1-3-5-14/h1-7,9-10,12H,8,11H2,(H,19,20,21)/b15-12+. The number of hydrogen-bond acceptors (Lipinski definition) is 4. The van der Waals surface area contributed by atoms with Crippen LogP contribution in [0.1, 0.15) is 12.0 Å². The van der Waals surface area contributed by atoms with Crippen molar-refractivity contribution in [2.45, 2.75) is 6.42 Å². The van der Waals surface area contributed by atoms with Crippen molar-refractivity contribution in [2.75, 3.05) is 6.61 Å². The minimum absolute atomic E-state index is 0.188. The molecule has 1 aromatic heterocycles. The van der Waals surface area contributed by atoms with Crippen molar-refractivity contribution < 1.29 is 9.53 Å². The normalized spacial score (nSPS) is 15.5. The zero-order valence-corrected chi connectivity index (χ0v) is 11.9. The number of aromatic nitrogens is 1. The van der Waals surface area contributed by atoms with E-state index in [1.165, 1.54) is 0 Å². The summed E-state index contributed by atoms with van der Waals surface area (Å²) in [5.74, 6) is 1.24. The van der Waals surface area contributed by atoms with Crippen LogP contribution in [-0.2, 0) is 4.79 Å². The van der Waals surface area contributed by atoms with Gasteiger partial charge in [-0.1, -0.05) is 18.2 Å². The van der Waals surface area contributed by atoms with Crippen molar-refractivity contribution in [1.29, 1.82) is 0 Å². The van der Waals surface area contributed by atoms with Crippen molar-refractivity contribution in [3.63, 3.8) is 0 Å². The molecule has 2 aromatic rings. The van der Waals surface area contributed by atoms with E-state index < -0.39 is 0 Å². The molecule has 0 fully saturated rings. The number of amidine groups is 1. The summed E-state index contributed by atoms with van der Waals surface area (Å²) in [7, 11) is 0. The van der Waals surface area contributed by atoms with Gasteiger partial charge in [-0.25, -0.2) is 4.99 Å². The number of nitrogens with zero attached hydrogens (tertiary/aromatic N) is 2. The van der Waals surface area contributed by atoms with Gasteiger partial charge in [-0.15, -0.1) is 0 Å². The molecular weight excluding hydrogens is 278 g/mol. The van der Waals surface area contributed by atoms with E-state index in [9.17, 15) is 4.79 Å². The van der Waals surface area contributed by atoms with Gasteiger partial charge >= 0.3 is 0 Å². The summed E-state index contributed by atoms with van der Waals surface area (Å²) >= 11 is 0. The van der Waals surface area contributed by atoms with Crippen LogP contribution in [0.15, 0.2) is 65.5 Å². The Morgan fingerprint density at radius 3 is 2.64 bits per heavy atom. The second kappa shape index (κ2) is 6.67. The molecule has 22 heavy (non-hydrogen) atoms. The van der Waals surface area contributed by atoms with Crippen molar-refractivity contribution in [3.05, 3.63) is 66.1 Å². The number of hydrogen-bond donors (Lipinski definition) is 1. The van der Waals surface area contributed by atoms with Gasteiger partial charge in [-0.3, -0.25) is 9.78 Å². The van der Waals surface area contributed by atoms with Crippen LogP contribution in [0.5, 0.6) is 5.75 Å². The van der Waals surface area contributed by atoms with E-state index in [4.69, 9.17) is 4.74 Å². The Kier molecular flexibility index (Phi) is 4.25. The van der Waals surface area contributed by atoms with Gasteiger partial charge in [0, 0.05) is 18.8 Å². The number of carbonyl (C=O) groups is 1. The van der Waals surface area contributed by atoms with Crippen LogP contribution in [0.3, 0.4) is 0 Å². The molecule has 5 heteroatoms. The van der Waals surface area contributed by atoms with Gasteiger partial charge in [-0.05, 0) is 35.9 Å². The Hall–Kier alpha value is -2.95. The quantitative estimate of drug-likeness (QED) is 0.861. The van der Waals surface area contributed by atoms with E-state index in [1.54, 1.807) is 18.5 Å². The minimum atomic E-state index is -0.188. The number of benzene rings is 1. The molecule has 0 aliphatic carbocycles. The first-order valence-corrected chi connectivity index (χ1v) is 7.00. The van der Waals surface area contributed by atoms with Crippen LogP contribution in [0.25, 0.3) is 6.08 Å². The Morgan fingerprint density at radius 2 is 1.86 bits per heavy atom. The van der Waals surface area contributed by atoms with Crippen LogP contribution in [0.2, 0.25) is 0 Å². The van der Waals surface area contributed by atoms with Crippen molar-refractivity contribution in [1.82, 2.24) is 10.3 Å². The predicted molar refractivity (Wildman–Crippen MR) is 84.3 cm³/mol. The van der Waals surface area contributed by atoms with Crippen LogP contribution >= 0.6 is 0 Å². The average Bonchev–Trinajstić information content (AvgIpc) is 2.89. The second-order valence-corrected chi connectivity index (χ2v) is 4.73. The van der Waals surface area contributed by atoms with Gasteiger partial charge in [0.1, 0.15) is 17.3 Å². The highest BCUT2D eigenvalue weighted by Crippen LogP contribution is 2.13. The van der Waals surface area contributed by atoms with Gasteiger partial charge < -0.3 is 10.1 Å². The summed E-state index contributed by atoms with van der Waals surface area (Å²) in [6, 6.07) is 13.2. The molecule has 0 saturated heterocycles. The molecule has 0 radical (unpaired) electrons. The first-order valence-electron chi connectivity index (χ1n) is 7.00.